The van der Waals surface area contributed by atoms with Crippen LogP contribution in [-0.4, -0.2) is 30.5 Å². The van der Waals surface area contributed by atoms with Crippen molar-refractivity contribution in [2.24, 2.45) is 5.10 Å². The Labute approximate surface area is 170 Å². The maximum atomic E-state index is 10.7. The molecule has 2 aromatic carbocycles. The van der Waals surface area contributed by atoms with E-state index in [0.29, 0.717) is 29.7 Å². The molecule has 0 atom stereocenters. The van der Waals surface area contributed by atoms with E-state index in [1.807, 2.05) is 37.3 Å². The van der Waals surface area contributed by atoms with Crippen molar-refractivity contribution in [2.45, 2.75) is 13.5 Å². The Hall–Kier alpha value is -2.00. The highest BCUT2D eigenvalue weighted by Crippen LogP contribution is 2.33. The first-order chi connectivity index (χ1) is 12.5. The third-order valence-corrected chi connectivity index (χ3v) is 4.23. The van der Waals surface area contributed by atoms with Crippen LogP contribution >= 0.6 is 34.2 Å². The Kier molecular flexibility index (Phi) is 7.99. The molecule has 26 heavy (non-hydrogen) atoms. The normalized spacial score (nSPS) is 10.7. The van der Waals surface area contributed by atoms with E-state index in [-0.39, 0.29) is 0 Å². The molecule has 2 N–H and O–H groups in total. The topological polar surface area (TPSA) is 80.1 Å². The second kappa shape index (κ2) is 10.2. The number of hydrazone groups is 1. The Morgan fingerprint density at radius 1 is 1.31 bits per heavy atom. The van der Waals surface area contributed by atoms with Gasteiger partial charge in [0.25, 0.3) is 0 Å². The average Bonchev–Trinajstić information content (AvgIpc) is 2.59. The number of carboxylic acids is 1. The van der Waals surface area contributed by atoms with Crippen molar-refractivity contribution < 1.29 is 19.4 Å². The van der Waals surface area contributed by atoms with Gasteiger partial charge < -0.3 is 20.0 Å². The van der Waals surface area contributed by atoms with E-state index in [4.69, 9.17) is 26.2 Å². The van der Waals surface area contributed by atoms with E-state index in [0.717, 1.165) is 14.7 Å². The molecule has 0 heterocycles. The van der Waals surface area contributed by atoms with Crippen LogP contribution in [0.2, 0.25) is 5.02 Å². The van der Waals surface area contributed by atoms with Crippen molar-refractivity contribution in [2.75, 3.05) is 13.2 Å². The highest BCUT2D eigenvalue weighted by molar-refractivity contribution is 14.1. The van der Waals surface area contributed by atoms with Gasteiger partial charge in [0.05, 0.1) is 22.9 Å². The molecule has 0 unspecified atom stereocenters. The molecule has 0 bridgehead atoms. The predicted octanol–water partition coefficient (Wildman–Crippen LogP) is 3.93. The van der Waals surface area contributed by atoms with E-state index >= 15 is 0 Å². The summed E-state index contributed by atoms with van der Waals surface area (Å²) in [7, 11) is 0. The summed E-state index contributed by atoms with van der Waals surface area (Å²) in [6.45, 7) is 2.44. The summed E-state index contributed by atoms with van der Waals surface area (Å²) in [5.74, 6) is -0.138. The summed E-state index contributed by atoms with van der Waals surface area (Å²) >= 11 is 7.93. The number of hydrogen-bond acceptors (Lipinski definition) is 5. The average molecular weight is 489 g/mol. The molecule has 0 radical (unpaired) electrons. The second-order valence-corrected chi connectivity index (χ2v) is 6.76. The van der Waals surface area contributed by atoms with Crippen LogP contribution < -0.4 is 14.9 Å². The van der Waals surface area contributed by atoms with Crippen LogP contribution in [0.5, 0.6) is 11.5 Å². The van der Waals surface area contributed by atoms with E-state index in [9.17, 15) is 4.79 Å². The maximum absolute atomic E-state index is 10.7. The number of benzene rings is 2. The molecule has 8 heteroatoms. The van der Waals surface area contributed by atoms with Gasteiger partial charge in [-0.2, -0.15) is 5.10 Å². The van der Waals surface area contributed by atoms with E-state index < -0.39 is 12.6 Å². The molecule has 0 spiro atoms. The summed E-state index contributed by atoms with van der Waals surface area (Å²) in [5.41, 5.74) is 4.84. The summed E-state index contributed by atoms with van der Waals surface area (Å²) in [5, 5.41) is 13.7. The molecule has 6 nitrogen and oxygen atoms in total. The lowest BCUT2D eigenvalue weighted by Crippen LogP contribution is -2.11. The number of ether oxygens (including phenoxy) is 2. The zero-order chi connectivity index (χ0) is 18.9. The van der Waals surface area contributed by atoms with Crippen LogP contribution in [0.4, 0.5) is 0 Å². The first kappa shape index (κ1) is 20.3. The minimum atomic E-state index is -1.04. The fourth-order valence-corrected chi connectivity index (χ4v) is 2.97. The van der Waals surface area contributed by atoms with E-state index in [2.05, 4.69) is 33.1 Å². The van der Waals surface area contributed by atoms with Gasteiger partial charge in [0.15, 0.2) is 18.1 Å². The Morgan fingerprint density at radius 2 is 2.04 bits per heavy atom. The van der Waals surface area contributed by atoms with Crippen molar-refractivity contribution in [1.82, 2.24) is 5.43 Å². The van der Waals surface area contributed by atoms with Crippen molar-refractivity contribution in [3.05, 3.63) is 56.1 Å². The number of hydrogen-bond donors (Lipinski definition) is 2. The zero-order valence-corrected chi connectivity index (χ0v) is 17.0. The van der Waals surface area contributed by atoms with Gasteiger partial charge in [0.2, 0.25) is 0 Å². The van der Waals surface area contributed by atoms with Gasteiger partial charge in [0.1, 0.15) is 0 Å². The molecule has 0 amide bonds. The fraction of sp³-hybridized carbons (Fsp3) is 0.222. The molecule has 2 aromatic rings. The van der Waals surface area contributed by atoms with Gasteiger partial charge in [0, 0.05) is 5.02 Å². The Balaban J connectivity index is 2.05. The van der Waals surface area contributed by atoms with Gasteiger partial charge in [-0.15, -0.1) is 0 Å². The van der Waals surface area contributed by atoms with Crippen LogP contribution in [0.15, 0.2) is 41.5 Å². The van der Waals surface area contributed by atoms with Crippen LogP contribution in [0, 0.1) is 3.57 Å². The zero-order valence-electron chi connectivity index (χ0n) is 14.0. The Bertz CT molecular complexity index is 782. The molecule has 0 aromatic heterocycles. The van der Waals surface area contributed by atoms with E-state index in [1.165, 1.54) is 0 Å². The van der Waals surface area contributed by atoms with Crippen molar-refractivity contribution in [3.8, 4) is 11.5 Å². The number of halogens is 2. The lowest BCUT2D eigenvalue weighted by atomic mass is 10.2. The predicted molar refractivity (Wildman–Crippen MR) is 109 cm³/mol. The summed E-state index contributed by atoms with van der Waals surface area (Å²) < 4.78 is 11.6. The van der Waals surface area contributed by atoms with Gasteiger partial charge in [-0.3, -0.25) is 0 Å². The lowest BCUT2D eigenvalue weighted by molar-refractivity contribution is -0.139. The van der Waals surface area contributed by atoms with Gasteiger partial charge in [-0.05, 0) is 64.9 Å². The standard InChI is InChI=1S/C18H18ClIN2O4/c1-2-25-16-8-13(7-15(20)18(16)26-11-17(23)24)10-22-21-9-12-3-5-14(19)6-4-12/h3-8,10,21H,2,9,11H2,1H3,(H,23,24)/b22-10-. The molecule has 0 fully saturated rings. The van der Waals surface area contributed by atoms with E-state index in [1.54, 1.807) is 12.3 Å². The van der Waals surface area contributed by atoms with Crippen molar-refractivity contribution >= 4 is 46.4 Å². The quantitative estimate of drug-likeness (QED) is 0.318. The molecular formula is C18H18ClIN2O4. The SMILES string of the molecule is CCOc1cc(/C=N\NCc2ccc(Cl)cc2)cc(I)c1OCC(=O)O. The molecule has 138 valence electrons. The van der Waals surface area contributed by atoms with Gasteiger partial charge in [-0.1, -0.05) is 23.7 Å². The summed E-state index contributed by atoms with van der Waals surface area (Å²) in [6, 6.07) is 11.1. The van der Waals surface area contributed by atoms with Crippen LogP contribution in [0.1, 0.15) is 18.1 Å². The first-order valence-electron chi connectivity index (χ1n) is 7.81. The summed E-state index contributed by atoms with van der Waals surface area (Å²) in [6.07, 6.45) is 1.67. The fourth-order valence-electron chi connectivity index (χ4n) is 2.06. The largest absolute Gasteiger partial charge is 0.490 e. The number of carboxylic acid groups (broad SMARTS) is 1. The number of carbonyl (C=O) groups is 1. The molecule has 0 saturated heterocycles. The molecule has 2 rings (SSSR count). The Morgan fingerprint density at radius 3 is 2.69 bits per heavy atom. The number of nitrogens with zero attached hydrogens (tertiary/aromatic N) is 1. The highest BCUT2D eigenvalue weighted by atomic mass is 127. The highest BCUT2D eigenvalue weighted by Gasteiger charge is 2.13. The maximum Gasteiger partial charge on any atom is 0.341 e. The van der Waals surface area contributed by atoms with Crippen LogP contribution in [0.25, 0.3) is 0 Å². The smallest absolute Gasteiger partial charge is 0.341 e. The third kappa shape index (κ3) is 6.38. The number of aliphatic carboxylic acids is 1. The molecular weight excluding hydrogens is 471 g/mol. The minimum Gasteiger partial charge on any atom is -0.490 e. The number of rotatable bonds is 9. The first-order valence-corrected chi connectivity index (χ1v) is 9.26. The van der Waals surface area contributed by atoms with Crippen LogP contribution in [0.3, 0.4) is 0 Å². The molecule has 0 aliphatic carbocycles. The second-order valence-electron chi connectivity index (χ2n) is 5.16. The summed E-state index contributed by atoms with van der Waals surface area (Å²) in [4.78, 5) is 10.7. The minimum absolute atomic E-state index is 0.418. The third-order valence-electron chi connectivity index (χ3n) is 3.17. The monoisotopic (exact) mass is 488 g/mol. The molecule has 0 aliphatic heterocycles. The van der Waals surface area contributed by atoms with Crippen molar-refractivity contribution in [3.63, 3.8) is 0 Å². The molecule has 0 aliphatic rings. The number of nitrogens with one attached hydrogen (secondary N) is 1. The van der Waals surface area contributed by atoms with Crippen molar-refractivity contribution in [1.29, 1.82) is 0 Å². The van der Waals surface area contributed by atoms with Gasteiger partial charge >= 0.3 is 5.97 Å². The van der Waals surface area contributed by atoms with Gasteiger partial charge in [-0.25, -0.2) is 4.79 Å². The van der Waals surface area contributed by atoms with Crippen LogP contribution in [-0.2, 0) is 11.3 Å². The lowest BCUT2D eigenvalue weighted by Gasteiger charge is -2.13. The molecule has 0 saturated carbocycles.